The van der Waals surface area contributed by atoms with Gasteiger partial charge in [0.25, 0.3) is 0 Å². The average molecular weight is 339 g/mol. The third-order valence-electron chi connectivity index (χ3n) is 1.80. The van der Waals surface area contributed by atoms with Gasteiger partial charge in [-0.05, 0) is 28.1 Å². The molecule has 16 heavy (non-hydrogen) atoms. The number of hydrogen-bond donors (Lipinski definition) is 1. The molecule has 2 aromatic heterocycles. The Hall–Kier alpha value is -0.360. The first-order valence-electron chi connectivity index (χ1n) is 4.32. The molecule has 2 heterocycles. The molecule has 0 fully saturated rings. The number of nitrogens with one attached hydrogen (secondary N) is 1. The summed E-state index contributed by atoms with van der Waals surface area (Å²) < 4.78 is 1.10. The van der Waals surface area contributed by atoms with Gasteiger partial charge in [-0.25, -0.2) is 0 Å². The van der Waals surface area contributed by atoms with Gasteiger partial charge in [-0.2, -0.15) is 0 Å². The van der Waals surface area contributed by atoms with Crippen molar-refractivity contribution in [2.75, 3.05) is 5.32 Å². The van der Waals surface area contributed by atoms with E-state index in [9.17, 15) is 0 Å². The Morgan fingerprint density at radius 3 is 2.81 bits per heavy atom. The van der Waals surface area contributed by atoms with Crippen molar-refractivity contribution < 1.29 is 0 Å². The number of anilines is 1. The molecule has 0 bridgehead atoms. The number of hydrogen-bond acceptors (Lipinski definition) is 4. The molecule has 2 aromatic rings. The first-order chi connectivity index (χ1) is 7.65. The van der Waals surface area contributed by atoms with Crippen LogP contribution in [0, 0.1) is 0 Å². The molecule has 0 atom stereocenters. The molecule has 0 spiro atoms. The van der Waals surface area contributed by atoms with E-state index in [0.717, 1.165) is 3.79 Å². The van der Waals surface area contributed by atoms with Crippen molar-refractivity contribution in [1.29, 1.82) is 0 Å². The Labute approximate surface area is 115 Å². The van der Waals surface area contributed by atoms with E-state index in [-0.39, 0.29) is 0 Å². The van der Waals surface area contributed by atoms with Crippen LogP contribution in [0.15, 0.2) is 22.0 Å². The van der Waals surface area contributed by atoms with E-state index in [1.165, 1.54) is 4.88 Å². The van der Waals surface area contributed by atoms with Crippen LogP contribution in [0.3, 0.4) is 0 Å². The lowest BCUT2D eigenvalue weighted by molar-refractivity contribution is 1.02. The fourth-order valence-corrected chi connectivity index (χ4v) is 2.84. The Kier molecular flexibility index (Phi) is 4.02. The summed E-state index contributed by atoms with van der Waals surface area (Å²) in [6.07, 6.45) is 0. The van der Waals surface area contributed by atoms with Crippen LogP contribution in [0.5, 0.6) is 0 Å². The van der Waals surface area contributed by atoms with Crippen LogP contribution in [0.25, 0.3) is 0 Å². The zero-order chi connectivity index (χ0) is 11.5. The molecule has 0 unspecified atom stereocenters. The highest BCUT2D eigenvalue weighted by Gasteiger charge is 2.04. The van der Waals surface area contributed by atoms with E-state index in [1.54, 1.807) is 17.4 Å². The molecule has 0 aliphatic carbocycles. The lowest BCUT2D eigenvalue weighted by Crippen LogP contribution is -2.00. The number of thiophene rings is 1. The lowest BCUT2D eigenvalue weighted by Gasteiger charge is -2.05. The lowest BCUT2D eigenvalue weighted by atomic mass is 10.4. The van der Waals surface area contributed by atoms with Gasteiger partial charge in [-0.3, -0.25) is 0 Å². The van der Waals surface area contributed by atoms with Crippen molar-refractivity contribution >= 4 is 56.2 Å². The third-order valence-corrected chi connectivity index (χ3v) is 3.89. The summed E-state index contributed by atoms with van der Waals surface area (Å²) in [5.41, 5.74) is 0.686. The summed E-state index contributed by atoms with van der Waals surface area (Å²) in [6.45, 7) is 0.679. The summed E-state index contributed by atoms with van der Waals surface area (Å²) in [7, 11) is 0. The van der Waals surface area contributed by atoms with E-state index < -0.39 is 0 Å². The van der Waals surface area contributed by atoms with Crippen LogP contribution in [0.4, 0.5) is 5.69 Å². The second-order valence-electron chi connectivity index (χ2n) is 2.93. The van der Waals surface area contributed by atoms with Crippen LogP contribution < -0.4 is 5.32 Å². The molecule has 0 amide bonds. The van der Waals surface area contributed by atoms with Crippen LogP contribution in [0.1, 0.15) is 4.88 Å². The maximum Gasteiger partial charge on any atom is 0.174 e. The summed E-state index contributed by atoms with van der Waals surface area (Å²) in [5.74, 6) is 0. The Bertz CT molecular complexity index is 503. The number of rotatable bonds is 3. The highest BCUT2D eigenvalue weighted by molar-refractivity contribution is 9.11. The standard InChI is InChI=1S/C9H6BrCl2N3S/c10-7-2-1-5(16-7)4-13-6-3-8(11)14-15-9(6)12/h1-3H,4H2,(H,13,14). The molecule has 3 nitrogen and oxygen atoms in total. The summed E-state index contributed by atoms with van der Waals surface area (Å²) in [5, 5.41) is 11.1. The molecule has 7 heteroatoms. The molecular weight excluding hydrogens is 333 g/mol. The normalized spacial score (nSPS) is 10.4. The summed E-state index contributed by atoms with van der Waals surface area (Å²) >= 11 is 16.7. The molecule has 2 rings (SSSR count). The highest BCUT2D eigenvalue weighted by Crippen LogP contribution is 2.25. The van der Waals surface area contributed by atoms with E-state index in [1.807, 2.05) is 12.1 Å². The maximum absolute atomic E-state index is 5.87. The van der Waals surface area contributed by atoms with Crippen molar-refractivity contribution in [1.82, 2.24) is 10.2 Å². The van der Waals surface area contributed by atoms with Crippen LogP contribution in [0.2, 0.25) is 10.3 Å². The predicted molar refractivity (Wildman–Crippen MR) is 71.4 cm³/mol. The molecule has 1 N–H and O–H groups in total. The fourth-order valence-electron chi connectivity index (χ4n) is 1.11. The third kappa shape index (κ3) is 3.07. The molecule has 0 aromatic carbocycles. The zero-order valence-electron chi connectivity index (χ0n) is 7.88. The van der Waals surface area contributed by atoms with E-state index in [4.69, 9.17) is 23.2 Å². The molecule has 0 saturated carbocycles. The monoisotopic (exact) mass is 337 g/mol. The Balaban J connectivity index is 2.07. The Morgan fingerprint density at radius 1 is 1.31 bits per heavy atom. The zero-order valence-corrected chi connectivity index (χ0v) is 11.8. The van der Waals surface area contributed by atoms with Crippen LogP contribution in [-0.2, 0) is 6.54 Å². The minimum Gasteiger partial charge on any atom is -0.378 e. The van der Waals surface area contributed by atoms with Gasteiger partial charge in [0.2, 0.25) is 0 Å². The largest absolute Gasteiger partial charge is 0.378 e. The van der Waals surface area contributed by atoms with Crippen molar-refractivity contribution in [2.45, 2.75) is 6.54 Å². The van der Waals surface area contributed by atoms with Crippen molar-refractivity contribution in [3.63, 3.8) is 0 Å². The second kappa shape index (κ2) is 5.31. The van der Waals surface area contributed by atoms with E-state index in [0.29, 0.717) is 22.5 Å². The van der Waals surface area contributed by atoms with Crippen molar-refractivity contribution in [3.8, 4) is 0 Å². The molecule has 0 aliphatic heterocycles. The highest BCUT2D eigenvalue weighted by atomic mass is 79.9. The molecule has 0 aliphatic rings. The smallest absolute Gasteiger partial charge is 0.174 e. The van der Waals surface area contributed by atoms with E-state index in [2.05, 4.69) is 31.4 Å². The quantitative estimate of drug-likeness (QED) is 0.910. The first kappa shape index (κ1) is 12.1. The van der Waals surface area contributed by atoms with Gasteiger partial charge < -0.3 is 5.32 Å². The fraction of sp³-hybridized carbons (Fsp3) is 0.111. The molecule has 0 radical (unpaired) electrons. The molecule has 84 valence electrons. The van der Waals surface area contributed by atoms with Gasteiger partial charge >= 0.3 is 0 Å². The minimum absolute atomic E-state index is 0.319. The topological polar surface area (TPSA) is 37.8 Å². The van der Waals surface area contributed by atoms with Gasteiger partial charge in [0, 0.05) is 17.5 Å². The molecule has 0 saturated heterocycles. The number of halogens is 3. The first-order valence-corrected chi connectivity index (χ1v) is 6.68. The van der Waals surface area contributed by atoms with Gasteiger partial charge in [0.05, 0.1) is 9.47 Å². The van der Waals surface area contributed by atoms with Crippen molar-refractivity contribution in [3.05, 3.63) is 37.2 Å². The van der Waals surface area contributed by atoms with Gasteiger partial charge in [-0.1, -0.05) is 23.2 Å². The van der Waals surface area contributed by atoms with Crippen LogP contribution in [-0.4, -0.2) is 10.2 Å². The van der Waals surface area contributed by atoms with Crippen molar-refractivity contribution in [2.24, 2.45) is 0 Å². The van der Waals surface area contributed by atoms with Gasteiger partial charge in [0.1, 0.15) is 0 Å². The van der Waals surface area contributed by atoms with E-state index >= 15 is 0 Å². The summed E-state index contributed by atoms with van der Waals surface area (Å²) in [4.78, 5) is 1.19. The maximum atomic E-state index is 5.87. The molecular formula is C9H6BrCl2N3S. The number of aromatic nitrogens is 2. The predicted octanol–water partition coefficient (Wildman–Crippen LogP) is 4.22. The van der Waals surface area contributed by atoms with Gasteiger partial charge in [-0.15, -0.1) is 21.5 Å². The summed E-state index contributed by atoms with van der Waals surface area (Å²) in [6, 6.07) is 5.69. The van der Waals surface area contributed by atoms with Gasteiger partial charge in [0.15, 0.2) is 10.3 Å². The minimum atomic E-state index is 0.319. The average Bonchev–Trinajstić information content (AvgIpc) is 2.66. The SMILES string of the molecule is Clc1cc(NCc2ccc(Br)s2)c(Cl)nn1. The Morgan fingerprint density at radius 2 is 2.12 bits per heavy atom. The number of nitrogens with zero attached hydrogens (tertiary/aromatic N) is 2. The van der Waals surface area contributed by atoms with Crippen LogP contribution >= 0.6 is 50.5 Å². The second-order valence-corrected chi connectivity index (χ2v) is 6.22.